The van der Waals surface area contributed by atoms with Gasteiger partial charge in [-0.1, -0.05) is 43.7 Å². The summed E-state index contributed by atoms with van der Waals surface area (Å²) in [5, 5.41) is 0. The fourth-order valence-electron chi connectivity index (χ4n) is 3.18. The number of piperidine rings is 1. The average molecular weight is 326 g/mol. The van der Waals surface area contributed by atoms with E-state index in [4.69, 9.17) is 4.74 Å². The first-order chi connectivity index (χ1) is 10.2. The highest BCUT2D eigenvalue weighted by atomic mass is 35.5. The van der Waals surface area contributed by atoms with Crippen LogP contribution in [0, 0.1) is 0 Å². The molecule has 4 heteroatoms. The fourth-order valence-corrected chi connectivity index (χ4v) is 3.18. The highest BCUT2D eigenvalue weighted by Crippen LogP contribution is 2.36. The third-order valence-electron chi connectivity index (χ3n) is 4.53. The third kappa shape index (κ3) is 4.23. The zero-order valence-electron chi connectivity index (χ0n) is 13.7. The molecule has 0 radical (unpaired) electrons. The Hall–Kier alpha value is -1.06. The average Bonchev–Trinajstić information content (AvgIpc) is 2.54. The van der Waals surface area contributed by atoms with Crippen LogP contribution in [-0.4, -0.2) is 37.1 Å². The lowest BCUT2D eigenvalue weighted by Gasteiger charge is -2.40. The van der Waals surface area contributed by atoms with Gasteiger partial charge in [0.25, 0.3) is 0 Å². The van der Waals surface area contributed by atoms with E-state index in [-0.39, 0.29) is 18.4 Å². The van der Waals surface area contributed by atoms with Crippen molar-refractivity contribution in [1.29, 1.82) is 0 Å². The molecule has 0 aromatic heterocycles. The van der Waals surface area contributed by atoms with Gasteiger partial charge in [0, 0.05) is 0 Å². The number of nitrogens with zero attached hydrogens (tertiary/aromatic N) is 1. The Morgan fingerprint density at radius 3 is 2.36 bits per heavy atom. The molecule has 0 aliphatic carbocycles. The molecule has 3 nitrogen and oxygen atoms in total. The molecule has 2 rings (SSSR count). The van der Waals surface area contributed by atoms with Crippen LogP contribution in [0.5, 0.6) is 0 Å². The number of benzene rings is 1. The number of carbonyl (C=O) groups is 1. The standard InChI is InChI=1S/C18H27NO2.ClH/c1-3-5-13-19-14-11-18(12-15-19,17(20)21-4-2)16-9-7-6-8-10-16;/h6-10H,3-5,11-15H2,1-2H3;1H. The minimum absolute atomic E-state index is 0. The van der Waals surface area contributed by atoms with E-state index in [1.165, 1.54) is 12.8 Å². The van der Waals surface area contributed by atoms with Gasteiger partial charge in [0.15, 0.2) is 0 Å². The molecule has 0 spiro atoms. The monoisotopic (exact) mass is 325 g/mol. The van der Waals surface area contributed by atoms with Gasteiger partial charge in [-0.05, 0) is 51.4 Å². The minimum atomic E-state index is -0.444. The molecule has 1 aliphatic rings. The smallest absolute Gasteiger partial charge is 0.316 e. The molecular formula is C18H28ClNO2. The summed E-state index contributed by atoms with van der Waals surface area (Å²) in [6.45, 7) is 7.66. The van der Waals surface area contributed by atoms with Crippen molar-refractivity contribution in [2.24, 2.45) is 0 Å². The van der Waals surface area contributed by atoms with Crippen LogP contribution >= 0.6 is 12.4 Å². The van der Waals surface area contributed by atoms with Gasteiger partial charge in [-0.15, -0.1) is 12.4 Å². The van der Waals surface area contributed by atoms with Gasteiger partial charge in [-0.25, -0.2) is 0 Å². The molecular weight excluding hydrogens is 298 g/mol. The number of hydrogen-bond donors (Lipinski definition) is 0. The van der Waals surface area contributed by atoms with Crippen molar-refractivity contribution in [3.8, 4) is 0 Å². The van der Waals surface area contributed by atoms with Gasteiger partial charge in [0.2, 0.25) is 0 Å². The molecule has 1 saturated heterocycles. The van der Waals surface area contributed by atoms with E-state index in [0.29, 0.717) is 6.61 Å². The Labute approximate surface area is 140 Å². The molecule has 1 aliphatic heterocycles. The lowest BCUT2D eigenvalue weighted by molar-refractivity contribution is -0.152. The lowest BCUT2D eigenvalue weighted by atomic mass is 9.72. The normalized spacial score (nSPS) is 17.5. The summed E-state index contributed by atoms with van der Waals surface area (Å²) in [5.41, 5.74) is 0.665. The Morgan fingerprint density at radius 1 is 1.18 bits per heavy atom. The van der Waals surface area contributed by atoms with Crippen molar-refractivity contribution >= 4 is 18.4 Å². The van der Waals surface area contributed by atoms with E-state index in [1.54, 1.807) is 0 Å². The first-order valence-corrected chi connectivity index (χ1v) is 8.18. The highest BCUT2D eigenvalue weighted by molar-refractivity contribution is 5.85. The SMILES string of the molecule is CCCCN1CCC(C(=O)OCC)(c2ccccc2)CC1.Cl. The van der Waals surface area contributed by atoms with Crippen molar-refractivity contribution in [2.75, 3.05) is 26.2 Å². The Bertz CT molecular complexity index is 442. The molecule has 124 valence electrons. The van der Waals surface area contributed by atoms with E-state index < -0.39 is 5.41 Å². The van der Waals surface area contributed by atoms with Crippen LogP contribution < -0.4 is 0 Å². The van der Waals surface area contributed by atoms with Gasteiger partial charge in [-0.3, -0.25) is 4.79 Å². The Morgan fingerprint density at radius 2 is 1.82 bits per heavy atom. The van der Waals surface area contributed by atoms with E-state index in [2.05, 4.69) is 24.0 Å². The summed E-state index contributed by atoms with van der Waals surface area (Å²) in [7, 11) is 0. The van der Waals surface area contributed by atoms with E-state index >= 15 is 0 Å². The predicted octanol–water partition coefficient (Wildman–Crippen LogP) is 3.81. The molecule has 1 aromatic carbocycles. The number of unbranched alkanes of at least 4 members (excludes halogenated alkanes) is 1. The first-order valence-electron chi connectivity index (χ1n) is 8.18. The topological polar surface area (TPSA) is 29.5 Å². The van der Waals surface area contributed by atoms with E-state index in [1.807, 2.05) is 25.1 Å². The molecule has 0 bridgehead atoms. The van der Waals surface area contributed by atoms with Gasteiger partial charge < -0.3 is 9.64 Å². The molecule has 1 fully saturated rings. The van der Waals surface area contributed by atoms with Crippen molar-refractivity contribution in [3.63, 3.8) is 0 Å². The van der Waals surface area contributed by atoms with Crippen LogP contribution in [0.15, 0.2) is 30.3 Å². The molecule has 0 unspecified atom stereocenters. The fraction of sp³-hybridized carbons (Fsp3) is 0.611. The molecule has 22 heavy (non-hydrogen) atoms. The number of ether oxygens (including phenoxy) is 1. The van der Waals surface area contributed by atoms with Crippen LogP contribution in [0.2, 0.25) is 0 Å². The van der Waals surface area contributed by atoms with E-state index in [9.17, 15) is 4.79 Å². The molecule has 0 saturated carbocycles. The largest absolute Gasteiger partial charge is 0.465 e. The maximum atomic E-state index is 12.6. The zero-order valence-corrected chi connectivity index (χ0v) is 14.5. The predicted molar refractivity (Wildman–Crippen MR) is 92.6 cm³/mol. The second-order valence-corrected chi connectivity index (χ2v) is 5.86. The van der Waals surface area contributed by atoms with Gasteiger partial charge in [0.05, 0.1) is 12.0 Å². The third-order valence-corrected chi connectivity index (χ3v) is 4.53. The van der Waals surface area contributed by atoms with Crippen molar-refractivity contribution in [2.45, 2.75) is 44.9 Å². The summed E-state index contributed by atoms with van der Waals surface area (Å²) in [5.74, 6) is -0.0497. The van der Waals surface area contributed by atoms with E-state index in [0.717, 1.165) is 38.0 Å². The van der Waals surface area contributed by atoms with Crippen LogP contribution in [-0.2, 0) is 14.9 Å². The maximum absolute atomic E-state index is 12.6. The summed E-state index contributed by atoms with van der Waals surface area (Å²) in [6.07, 6.45) is 4.18. The van der Waals surface area contributed by atoms with Crippen LogP contribution in [0.1, 0.15) is 45.1 Å². The second kappa shape index (κ2) is 9.16. The lowest BCUT2D eigenvalue weighted by Crippen LogP contribution is -2.48. The summed E-state index contributed by atoms with van der Waals surface area (Å²) >= 11 is 0. The molecule has 1 heterocycles. The Balaban J connectivity index is 0.00000242. The Kier molecular flexibility index (Phi) is 7.91. The molecule has 0 atom stereocenters. The minimum Gasteiger partial charge on any atom is -0.465 e. The van der Waals surface area contributed by atoms with Crippen LogP contribution in [0.3, 0.4) is 0 Å². The molecule has 1 aromatic rings. The molecule has 0 amide bonds. The number of carbonyl (C=O) groups excluding carboxylic acids is 1. The summed E-state index contributed by atoms with van der Waals surface area (Å²) in [4.78, 5) is 15.1. The quantitative estimate of drug-likeness (QED) is 0.745. The van der Waals surface area contributed by atoms with Gasteiger partial charge in [-0.2, -0.15) is 0 Å². The highest BCUT2D eigenvalue weighted by Gasteiger charge is 2.43. The number of hydrogen-bond acceptors (Lipinski definition) is 3. The summed E-state index contributed by atoms with van der Waals surface area (Å²) < 4.78 is 5.40. The van der Waals surface area contributed by atoms with Gasteiger partial charge in [0.1, 0.15) is 0 Å². The van der Waals surface area contributed by atoms with Crippen molar-refractivity contribution in [1.82, 2.24) is 4.90 Å². The number of rotatable bonds is 6. The maximum Gasteiger partial charge on any atom is 0.316 e. The first kappa shape index (κ1) is 19.0. The zero-order chi connectivity index (χ0) is 15.1. The van der Waals surface area contributed by atoms with Gasteiger partial charge >= 0.3 is 5.97 Å². The number of esters is 1. The van der Waals surface area contributed by atoms with Crippen LogP contribution in [0.25, 0.3) is 0 Å². The summed E-state index contributed by atoms with van der Waals surface area (Å²) in [6, 6.07) is 10.2. The van der Waals surface area contributed by atoms with Crippen molar-refractivity contribution in [3.05, 3.63) is 35.9 Å². The number of likely N-dealkylation sites (tertiary alicyclic amines) is 1. The second-order valence-electron chi connectivity index (χ2n) is 5.86. The van der Waals surface area contributed by atoms with Crippen molar-refractivity contribution < 1.29 is 9.53 Å². The number of halogens is 1. The molecule has 0 N–H and O–H groups in total. The van der Waals surface area contributed by atoms with Crippen LogP contribution in [0.4, 0.5) is 0 Å².